The van der Waals surface area contributed by atoms with Crippen LogP contribution in [-0.2, 0) is 16.0 Å². The molecule has 0 spiro atoms. The molecule has 7 heteroatoms. The van der Waals surface area contributed by atoms with Crippen LogP contribution in [0.4, 0.5) is 0 Å². The maximum Gasteiger partial charge on any atom is 0.361 e. The van der Waals surface area contributed by atoms with Gasteiger partial charge in [0.25, 0.3) is 0 Å². The summed E-state index contributed by atoms with van der Waals surface area (Å²) in [7, 11) is 0. The van der Waals surface area contributed by atoms with Crippen LogP contribution in [0.5, 0.6) is 0 Å². The molecule has 2 rings (SSSR count). The van der Waals surface area contributed by atoms with Crippen LogP contribution in [0.2, 0.25) is 0 Å². The third kappa shape index (κ3) is 4.04. The molecule has 7 nitrogen and oxygen atoms in total. The lowest BCUT2D eigenvalue weighted by molar-refractivity contribution is 0.0467. The topological polar surface area (TPSA) is 83.3 Å². The Bertz CT molecular complexity index is 773. The Labute approximate surface area is 146 Å². The molecule has 1 heterocycles. The number of esters is 2. The number of rotatable bonds is 6. The minimum atomic E-state index is -0.686. The van der Waals surface area contributed by atoms with E-state index in [0.717, 1.165) is 22.3 Å². The van der Waals surface area contributed by atoms with Crippen LogP contribution in [0.1, 0.15) is 57.1 Å². The minimum absolute atomic E-state index is 0.0136. The normalized spacial score (nSPS) is 10.6. The van der Waals surface area contributed by atoms with Crippen LogP contribution in [-0.4, -0.2) is 40.1 Å². The molecule has 0 bridgehead atoms. The number of benzene rings is 1. The molecular formula is C18H23N3O4. The summed E-state index contributed by atoms with van der Waals surface area (Å²) < 4.78 is 11.4. The molecule has 1 aromatic heterocycles. The Balaban J connectivity index is 2.48. The van der Waals surface area contributed by atoms with Crippen molar-refractivity contribution in [2.45, 2.75) is 41.2 Å². The van der Waals surface area contributed by atoms with Crippen molar-refractivity contribution >= 4 is 11.9 Å². The maximum atomic E-state index is 12.3. The summed E-state index contributed by atoms with van der Waals surface area (Å²) in [5, 5.41) is 7.84. The average Bonchev–Trinajstić information content (AvgIpc) is 2.95. The fourth-order valence-corrected chi connectivity index (χ4v) is 2.77. The molecule has 0 saturated carbocycles. The lowest BCUT2D eigenvalue weighted by Gasteiger charge is -2.13. The van der Waals surface area contributed by atoms with Gasteiger partial charge in [0.05, 0.1) is 19.8 Å². The molecular weight excluding hydrogens is 322 g/mol. The zero-order valence-electron chi connectivity index (χ0n) is 15.3. The van der Waals surface area contributed by atoms with Gasteiger partial charge in [0.15, 0.2) is 5.69 Å². The molecule has 1 aromatic carbocycles. The quantitative estimate of drug-likeness (QED) is 0.748. The SMILES string of the molecule is CCOC(=O)c1nnn(Cc2c(C)cc(C)cc2C)c1C(=O)OCC. The van der Waals surface area contributed by atoms with Gasteiger partial charge in [-0.05, 0) is 51.3 Å². The summed E-state index contributed by atoms with van der Waals surface area (Å²) in [6.07, 6.45) is 0. The third-order valence-corrected chi connectivity index (χ3v) is 3.82. The zero-order valence-corrected chi connectivity index (χ0v) is 15.3. The van der Waals surface area contributed by atoms with Crippen molar-refractivity contribution < 1.29 is 19.1 Å². The fraction of sp³-hybridized carbons (Fsp3) is 0.444. The number of carbonyl (C=O) groups is 2. The van der Waals surface area contributed by atoms with E-state index in [1.165, 1.54) is 4.68 Å². The molecule has 25 heavy (non-hydrogen) atoms. The fourth-order valence-electron chi connectivity index (χ4n) is 2.77. The number of aromatic nitrogens is 3. The van der Waals surface area contributed by atoms with E-state index >= 15 is 0 Å². The highest BCUT2D eigenvalue weighted by atomic mass is 16.5. The van der Waals surface area contributed by atoms with E-state index in [1.807, 2.05) is 20.8 Å². The van der Waals surface area contributed by atoms with Crippen molar-refractivity contribution in [1.29, 1.82) is 0 Å². The highest BCUT2D eigenvalue weighted by Crippen LogP contribution is 2.19. The highest BCUT2D eigenvalue weighted by molar-refractivity contribution is 6.00. The summed E-state index contributed by atoms with van der Waals surface area (Å²) in [5.74, 6) is -1.33. The summed E-state index contributed by atoms with van der Waals surface area (Å²) in [4.78, 5) is 24.4. The average molecular weight is 345 g/mol. The second kappa shape index (κ2) is 7.92. The van der Waals surface area contributed by atoms with Gasteiger partial charge in [-0.1, -0.05) is 22.9 Å². The first-order valence-electron chi connectivity index (χ1n) is 8.23. The minimum Gasteiger partial charge on any atom is -0.461 e. The summed E-state index contributed by atoms with van der Waals surface area (Å²) in [6, 6.07) is 4.13. The van der Waals surface area contributed by atoms with Gasteiger partial charge < -0.3 is 9.47 Å². The van der Waals surface area contributed by atoms with Crippen LogP contribution < -0.4 is 0 Å². The Morgan fingerprint density at radius 3 is 2.12 bits per heavy atom. The Morgan fingerprint density at radius 1 is 1.00 bits per heavy atom. The molecule has 0 amide bonds. The maximum absolute atomic E-state index is 12.3. The second-order valence-electron chi connectivity index (χ2n) is 5.76. The highest BCUT2D eigenvalue weighted by Gasteiger charge is 2.28. The van der Waals surface area contributed by atoms with Crippen molar-refractivity contribution in [3.05, 3.63) is 45.8 Å². The van der Waals surface area contributed by atoms with E-state index in [-0.39, 0.29) is 24.6 Å². The predicted octanol–water partition coefficient (Wildman–Crippen LogP) is 2.61. The van der Waals surface area contributed by atoms with E-state index < -0.39 is 11.9 Å². The summed E-state index contributed by atoms with van der Waals surface area (Å²) >= 11 is 0. The van der Waals surface area contributed by atoms with Crippen molar-refractivity contribution in [2.24, 2.45) is 0 Å². The van der Waals surface area contributed by atoms with Crippen molar-refractivity contribution in [1.82, 2.24) is 15.0 Å². The van der Waals surface area contributed by atoms with Gasteiger partial charge in [-0.25, -0.2) is 14.3 Å². The smallest absolute Gasteiger partial charge is 0.361 e. The number of aryl methyl sites for hydroxylation is 3. The van der Waals surface area contributed by atoms with Gasteiger partial charge in [-0.2, -0.15) is 0 Å². The number of hydrogen-bond donors (Lipinski definition) is 0. The van der Waals surface area contributed by atoms with Gasteiger partial charge in [0.2, 0.25) is 5.69 Å². The Morgan fingerprint density at radius 2 is 1.56 bits per heavy atom. The molecule has 0 saturated heterocycles. The van der Waals surface area contributed by atoms with Crippen LogP contribution in [0, 0.1) is 20.8 Å². The number of carbonyl (C=O) groups excluding carboxylic acids is 2. The van der Waals surface area contributed by atoms with E-state index in [9.17, 15) is 9.59 Å². The monoisotopic (exact) mass is 345 g/mol. The Kier molecular flexibility index (Phi) is 5.90. The molecule has 2 aromatic rings. The predicted molar refractivity (Wildman–Crippen MR) is 91.7 cm³/mol. The van der Waals surface area contributed by atoms with Gasteiger partial charge >= 0.3 is 11.9 Å². The standard InChI is InChI=1S/C18H23N3O4/c1-6-24-17(22)15-16(18(23)25-7-2)21(20-19-15)10-14-12(4)8-11(3)9-13(14)5/h8-9H,6-7,10H2,1-5H3. The van der Waals surface area contributed by atoms with Crippen molar-refractivity contribution in [3.8, 4) is 0 Å². The third-order valence-electron chi connectivity index (χ3n) is 3.82. The number of ether oxygens (including phenoxy) is 2. The first-order chi connectivity index (χ1) is 11.9. The van der Waals surface area contributed by atoms with Crippen LogP contribution >= 0.6 is 0 Å². The van der Waals surface area contributed by atoms with E-state index in [1.54, 1.807) is 13.8 Å². The molecule has 134 valence electrons. The van der Waals surface area contributed by atoms with Crippen molar-refractivity contribution in [2.75, 3.05) is 13.2 Å². The van der Waals surface area contributed by atoms with Crippen LogP contribution in [0.3, 0.4) is 0 Å². The van der Waals surface area contributed by atoms with Crippen LogP contribution in [0.25, 0.3) is 0 Å². The Hall–Kier alpha value is -2.70. The zero-order chi connectivity index (χ0) is 18.6. The largest absolute Gasteiger partial charge is 0.461 e. The molecule has 0 radical (unpaired) electrons. The van der Waals surface area contributed by atoms with Crippen LogP contribution in [0.15, 0.2) is 12.1 Å². The summed E-state index contributed by atoms with van der Waals surface area (Å²) in [6.45, 7) is 10.1. The van der Waals surface area contributed by atoms with Gasteiger partial charge in [-0.15, -0.1) is 5.10 Å². The molecule has 0 unspecified atom stereocenters. The first-order valence-corrected chi connectivity index (χ1v) is 8.23. The van der Waals surface area contributed by atoms with Crippen molar-refractivity contribution in [3.63, 3.8) is 0 Å². The van der Waals surface area contributed by atoms with E-state index in [0.29, 0.717) is 6.54 Å². The molecule has 0 aliphatic carbocycles. The number of nitrogens with zero attached hydrogens (tertiary/aromatic N) is 3. The van der Waals surface area contributed by atoms with E-state index in [2.05, 4.69) is 22.4 Å². The number of hydrogen-bond acceptors (Lipinski definition) is 6. The van der Waals surface area contributed by atoms with Gasteiger partial charge in [-0.3, -0.25) is 0 Å². The molecule has 0 aliphatic rings. The lowest BCUT2D eigenvalue weighted by Crippen LogP contribution is -2.19. The molecule has 0 fully saturated rings. The second-order valence-corrected chi connectivity index (χ2v) is 5.76. The lowest BCUT2D eigenvalue weighted by atomic mass is 10.00. The molecule has 0 atom stereocenters. The van der Waals surface area contributed by atoms with E-state index in [4.69, 9.17) is 9.47 Å². The van der Waals surface area contributed by atoms with Gasteiger partial charge in [0, 0.05) is 0 Å². The molecule has 0 aliphatic heterocycles. The van der Waals surface area contributed by atoms with Gasteiger partial charge in [0.1, 0.15) is 0 Å². The summed E-state index contributed by atoms with van der Waals surface area (Å²) in [5.41, 5.74) is 4.25. The first kappa shape index (κ1) is 18.6. The molecule has 0 N–H and O–H groups in total.